The fourth-order valence-electron chi connectivity index (χ4n) is 0.611. The molecule has 3 heteroatoms. The first-order valence-electron chi connectivity index (χ1n) is 3.37. The van der Waals surface area contributed by atoms with Gasteiger partial charge in [0.1, 0.15) is 0 Å². The van der Waals surface area contributed by atoms with Crippen LogP contribution in [0.5, 0.6) is 0 Å². The highest BCUT2D eigenvalue weighted by molar-refractivity contribution is 5.68. The second kappa shape index (κ2) is 5.72. The van der Waals surface area contributed by atoms with Crippen molar-refractivity contribution >= 4 is 5.97 Å². The average molecular weight is 158 g/mol. The van der Waals surface area contributed by atoms with Crippen LogP contribution < -0.4 is 0 Å². The Balaban J connectivity index is 3.29. The Labute approximate surface area is 65.7 Å². The van der Waals surface area contributed by atoms with Crippen LogP contribution in [0.25, 0.3) is 0 Å². The molecule has 0 aliphatic rings. The quantitative estimate of drug-likeness (QED) is 0.455. The molecule has 0 saturated heterocycles. The summed E-state index contributed by atoms with van der Waals surface area (Å²) in [7, 11) is 1.30. The average Bonchev–Trinajstić information content (AvgIpc) is 2.04. The van der Waals surface area contributed by atoms with E-state index in [1.54, 1.807) is 0 Å². The predicted molar refractivity (Wildman–Crippen MR) is 39.6 cm³/mol. The maximum absolute atomic E-state index is 12.3. The van der Waals surface area contributed by atoms with E-state index in [2.05, 4.69) is 4.74 Å². The van der Waals surface area contributed by atoms with Gasteiger partial charge in [-0.1, -0.05) is 5.92 Å². The first kappa shape index (κ1) is 9.96. The summed E-state index contributed by atoms with van der Waals surface area (Å²) < 4.78 is 16.7. The Morgan fingerprint density at radius 1 is 1.82 bits per heavy atom. The van der Waals surface area contributed by atoms with E-state index >= 15 is 0 Å². The Hall–Kier alpha value is -1.04. The molecule has 0 aromatic carbocycles. The highest BCUT2D eigenvalue weighted by atomic mass is 19.1. The van der Waals surface area contributed by atoms with Gasteiger partial charge in [-0.2, -0.15) is 0 Å². The molecule has 2 nitrogen and oxygen atoms in total. The summed E-state index contributed by atoms with van der Waals surface area (Å²) in [5.41, 5.74) is 0. The molecule has 0 heterocycles. The van der Waals surface area contributed by atoms with Gasteiger partial charge in [-0.3, -0.25) is 4.79 Å². The third kappa shape index (κ3) is 5.41. The molecule has 0 aliphatic heterocycles. The van der Waals surface area contributed by atoms with Crippen LogP contribution in [-0.4, -0.2) is 19.3 Å². The Bertz CT molecular complexity index is 160. The Morgan fingerprint density at radius 3 is 2.91 bits per heavy atom. The van der Waals surface area contributed by atoms with Crippen molar-refractivity contribution in [2.75, 3.05) is 7.11 Å². The number of hydrogen-bond donors (Lipinski definition) is 0. The maximum atomic E-state index is 12.3. The van der Waals surface area contributed by atoms with Gasteiger partial charge in [0.05, 0.1) is 7.11 Å². The summed E-state index contributed by atoms with van der Waals surface area (Å²) in [6.07, 6.45) is 4.45. The van der Waals surface area contributed by atoms with Crippen molar-refractivity contribution in [3.05, 3.63) is 0 Å². The van der Waals surface area contributed by atoms with Gasteiger partial charge >= 0.3 is 5.97 Å². The molecule has 0 N–H and O–H groups in total. The summed E-state index contributed by atoms with van der Waals surface area (Å²) in [6, 6.07) is 0. The van der Waals surface area contributed by atoms with Gasteiger partial charge in [0.15, 0.2) is 6.17 Å². The molecule has 0 saturated carbocycles. The van der Waals surface area contributed by atoms with Crippen molar-refractivity contribution in [1.29, 1.82) is 0 Å². The molecule has 0 fully saturated rings. The van der Waals surface area contributed by atoms with Gasteiger partial charge in [0.2, 0.25) is 0 Å². The van der Waals surface area contributed by atoms with E-state index < -0.39 is 6.17 Å². The summed E-state index contributed by atoms with van der Waals surface area (Å²) in [4.78, 5) is 10.5. The molecule has 0 amide bonds. The molecule has 1 atom stereocenters. The van der Waals surface area contributed by atoms with Crippen LogP contribution in [0.2, 0.25) is 0 Å². The fourth-order valence-corrected chi connectivity index (χ4v) is 0.611. The number of hydrogen-bond acceptors (Lipinski definition) is 2. The van der Waals surface area contributed by atoms with Crippen LogP contribution >= 0.6 is 0 Å². The standard InChI is InChI=1S/C8H11FO2/c1-3-7(9)5-4-6-8(10)11-2/h1,7H,4-6H2,2H3. The van der Waals surface area contributed by atoms with E-state index in [0.29, 0.717) is 6.42 Å². The summed E-state index contributed by atoms with van der Waals surface area (Å²) in [6.45, 7) is 0. The number of halogens is 1. The van der Waals surface area contributed by atoms with E-state index in [1.807, 2.05) is 5.92 Å². The summed E-state index contributed by atoms with van der Waals surface area (Å²) in [5.74, 6) is 1.61. The van der Waals surface area contributed by atoms with Crippen molar-refractivity contribution in [3.8, 4) is 12.3 Å². The maximum Gasteiger partial charge on any atom is 0.305 e. The zero-order valence-electron chi connectivity index (χ0n) is 6.47. The topological polar surface area (TPSA) is 26.3 Å². The van der Waals surface area contributed by atoms with Gasteiger partial charge in [-0.05, 0) is 12.8 Å². The largest absolute Gasteiger partial charge is 0.469 e. The van der Waals surface area contributed by atoms with E-state index in [1.165, 1.54) is 7.11 Å². The number of esters is 1. The first-order chi connectivity index (χ1) is 5.20. The number of terminal acetylenes is 1. The van der Waals surface area contributed by atoms with E-state index in [-0.39, 0.29) is 18.8 Å². The molecule has 0 bridgehead atoms. The van der Waals surface area contributed by atoms with Crippen LogP contribution in [0.4, 0.5) is 4.39 Å². The zero-order valence-corrected chi connectivity index (χ0v) is 6.47. The Kier molecular flexibility index (Phi) is 5.18. The van der Waals surface area contributed by atoms with Crippen molar-refractivity contribution in [2.24, 2.45) is 0 Å². The van der Waals surface area contributed by atoms with Gasteiger partial charge in [0, 0.05) is 6.42 Å². The molecule has 0 radical (unpaired) electrons. The van der Waals surface area contributed by atoms with E-state index in [9.17, 15) is 9.18 Å². The van der Waals surface area contributed by atoms with Crippen molar-refractivity contribution in [1.82, 2.24) is 0 Å². The molecule has 1 unspecified atom stereocenters. The van der Waals surface area contributed by atoms with Crippen molar-refractivity contribution < 1.29 is 13.9 Å². The molecule has 62 valence electrons. The number of carbonyl (C=O) groups is 1. The zero-order chi connectivity index (χ0) is 8.69. The molecule has 0 aromatic rings. The van der Waals surface area contributed by atoms with Crippen molar-refractivity contribution in [2.45, 2.75) is 25.4 Å². The summed E-state index contributed by atoms with van der Waals surface area (Å²) in [5, 5.41) is 0. The molecule has 0 spiro atoms. The van der Waals surface area contributed by atoms with Crippen LogP contribution in [0.3, 0.4) is 0 Å². The number of rotatable bonds is 4. The van der Waals surface area contributed by atoms with Gasteiger partial charge in [-0.25, -0.2) is 4.39 Å². The Morgan fingerprint density at radius 2 is 2.45 bits per heavy atom. The number of carbonyl (C=O) groups excluding carboxylic acids is 1. The monoisotopic (exact) mass is 158 g/mol. The number of alkyl halides is 1. The molecule has 0 aromatic heterocycles. The second-order valence-corrected chi connectivity index (χ2v) is 2.10. The van der Waals surface area contributed by atoms with Crippen molar-refractivity contribution in [3.63, 3.8) is 0 Å². The second-order valence-electron chi connectivity index (χ2n) is 2.10. The lowest BCUT2D eigenvalue weighted by Gasteiger charge is -1.99. The normalized spacial score (nSPS) is 11.7. The number of methoxy groups -OCH3 is 1. The van der Waals surface area contributed by atoms with E-state index in [0.717, 1.165) is 0 Å². The van der Waals surface area contributed by atoms with Gasteiger partial charge in [0.25, 0.3) is 0 Å². The lowest BCUT2D eigenvalue weighted by molar-refractivity contribution is -0.140. The molecule has 0 rings (SSSR count). The van der Waals surface area contributed by atoms with Gasteiger partial charge < -0.3 is 4.74 Å². The third-order valence-electron chi connectivity index (χ3n) is 1.25. The number of ether oxygens (including phenoxy) is 1. The fraction of sp³-hybridized carbons (Fsp3) is 0.625. The SMILES string of the molecule is C#CC(F)CCCC(=O)OC. The lowest BCUT2D eigenvalue weighted by Crippen LogP contribution is -2.02. The molecule has 11 heavy (non-hydrogen) atoms. The summed E-state index contributed by atoms with van der Waals surface area (Å²) >= 11 is 0. The van der Waals surface area contributed by atoms with E-state index in [4.69, 9.17) is 6.42 Å². The first-order valence-corrected chi connectivity index (χ1v) is 3.37. The predicted octanol–water partition coefficient (Wildman–Crippen LogP) is 1.30. The minimum Gasteiger partial charge on any atom is -0.469 e. The minimum absolute atomic E-state index is 0.228. The molecule has 0 aliphatic carbocycles. The lowest BCUT2D eigenvalue weighted by atomic mass is 10.2. The van der Waals surface area contributed by atoms with Crippen LogP contribution in [-0.2, 0) is 9.53 Å². The van der Waals surface area contributed by atoms with Crippen LogP contribution in [0.15, 0.2) is 0 Å². The minimum atomic E-state index is -1.24. The smallest absolute Gasteiger partial charge is 0.305 e. The van der Waals surface area contributed by atoms with Gasteiger partial charge in [-0.15, -0.1) is 6.42 Å². The third-order valence-corrected chi connectivity index (χ3v) is 1.25. The molecular weight excluding hydrogens is 147 g/mol. The highest BCUT2D eigenvalue weighted by Gasteiger charge is 2.04. The highest BCUT2D eigenvalue weighted by Crippen LogP contribution is 2.03. The van der Waals surface area contributed by atoms with Crippen LogP contribution in [0, 0.1) is 12.3 Å². The molecular formula is C8H11FO2. The van der Waals surface area contributed by atoms with Crippen LogP contribution in [0.1, 0.15) is 19.3 Å².